The molecule has 0 bridgehead atoms. The largest absolute Gasteiger partial charge is 0.487 e. The van der Waals surface area contributed by atoms with Crippen LogP contribution >= 0.6 is 11.3 Å². The molecule has 0 aliphatic rings. The van der Waals surface area contributed by atoms with Gasteiger partial charge in [0, 0.05) is 17.0 Å². The Morgan fingerprint density at radius 2 is 2.00 bits per heavy atom. The molecule has 1 amide bonds. The lowest BCUT2D eigenvalue weighted by Crippen LogP contribution is -2.12. The van der Waals surface area contributed by atoms with Crippen molar-refractivity contribution >= 4 is 22.9 Å². The molecule has 0 fully saturated rings. The first-order valence-electron chi connectivity index (χ1n) is 7.16. The zero-order valence-electron chi connectivity index (χ0n) is 12.9. The number of hydrogen-bond acceptors (Lipinski definition) is 6. The van der Waals surface area contributed by atoms with Gasteiger partial charge in [-0.05, 0) is 30.3 Å². The summed E-state index contributed by atoms with van der Waals surface area (Å²) in [6, 6.07) is 10.4. The number of benzene rings is 1. The van der Waals surface area contributed by atoms with Crippen molar-refractivity contribution in [1.82, 2.24) is 9.97 Å². The van der Waals surface area contributed by atoms with Crippen LogP contribution in [0.2, 0.25) is 0 Å². The predicted octanol–water partition coefficient (Wildman–Crippen LogP) is 3.38. The Hall–Kier alpha value is -2.93. The van der Waals surface area contributed by atoms with Gasteiger partial charge in [0.2, 0.25) is 5.88 Å². The molecule has 0 aliphatic carbocycles. The third-order valence-electron chi connectivity index (χ3n) is 3.19. The van der Waals surface area contributed by atoms with Gasteiger partial charge in [-0.25, -0.2) is 9.97 Å². The van der Waals surface area contributed by atoms with Crippen molar-refractivity contribution in [2.45, 2.75) is 6.61 Å². The molecule has 0 atom stereocenters. The highest BCUT2D eigenvalue weighted by molar-refractivity contribution is 7.07. The van der Waals surface area contributed by atoms with E-state index < -0.39 is 0 Å². The second-order valence-electron chi connectivity index (χ2n) is 4.84. The number of thiazole rings is 1. The summed E-state index contributed by atoms with van der Waals surface area (Å²) in [5.74, 6) is 0.966. The van der Waals surface area contributed by atoms with E-state index in [1.54, 1.807) is 55.2 Å². The highest BCUT2D eigenvalue weighted by atomic mass is 32.1. The van der Waals surface area contributed by atoms with Crippen molar-refractivity contribution in [3.05, 3.63) is 64.7 Å². The minimum atomic E-state index is -0.215. The lowest BCUT2D eigenvalue weighted by molar-refractivity contribution is 0.102. The number of methoxy groups -OCH3 is 1. The smallest absolute Gasteiger partial charge is 0.255 e. The van der Waals surface area contributed by atoms with Crippen molar-refractivity contribution in [2.24, 2.45) is 0 Å². The number of hydrogen-bond donors (Lipinski definition) is 1. The number of carbonyl (C=O) groups excluding carboxylic acids is 1. The molecule has 0 saturated heterocycles. The molecule has 1 aromatic carbocycles. The van der Waals surface area contributed by atoms with E-state index >= 15 is 0 Å². The molecular weight excluding hydrogens is 326 g/mol. The number of aromatic nitrogens is 2. The first-order chi connectivity index (χ1) is 11.7. The van der Waals surface area contributed by atoms with Crippen molar-refractivity contribution in [2.75, 3.05) is 12.4 Å². The molecule has 0 aliphatic heterocycles. The Morgan fingerprint density at radius 1 is 1.17 bits per heavy atom. The Bertz CT molecular complexity index is 787. The van der Waals surface area contributed by atoms with Gasteiger partial charge in [0.15, 0.2) is 0 Å². The number of pyridine rings is 1. The SMILES string of the molecule is COc1ccc(NC(=O)c2ccc(OCc3cscn3)cc2)cn1. The molecule has 2 heterocycles. The van der Waals surface area contributed by atoms with Crippen molar-refractivity contribution in [1.29, 1.82) is 0 Å². The summed E-state index contributed by atoms with van der Waals surface area (Å²) < 4.78 is 10.6. The molecule has 0 radical (unpaired) electrons. The molecule has 2 aromatic heterocycles. The van der Waals surface area contributed by atoms with Gasteiger partial charge in [-0.2, -0.15) is 0 Å². The fourth-order valence-corrected chi connectivity index (χ4v) is 2.49. The topological polar surface area (TPSA) is 73.3 Å². The van der Waals surface area contributed by atoms with Gasteiger partial charge in [-0.3, -0.25) is 4.79 Å². The van der Waals surface area contributed by atoms with Crippen LogP contribution in [0.25, 0.3) is 0 Å². The standard InChI is InChI=1S/C17H15N3O3S/c1-22-16-7-4-13(8-18-16)20-17(21)12-2-5-15(6-3-12)23-9-14-10-24-11-19-14/h2-8,10-11H,9H2,1H3,(H,20,21). The summed E-state index contributed by atoms with van der Waals surface area (Å²) in [6.45, 7) is 0.409. The Kier molecular flexibility index (Phi) is 5.02. The summed E-state index contributed by atoms with van der Waals surface area (Å²) in [5, 5.41) is 4.71. The molecule has 0 unspecified atom stereocenters. The van der Waals surface area contributed by atoms with Crippen LogP contribution in [0.5, 0.6) is 11.6 Å². The monoisotopic (exact) mass is 341 g/mol. The van der Waals surface area contributed by atoms with E-state index in [0.717, 1.165) is 5.69 Å². The maximum atomic E-state index is 12.2. The Labute approximate surface area is 143 Å². The van der Waals surface area contributed by atoms with Gasteiger partial charge in [-0.15, -0.1) is 11.3 Å². The number of anilines is 1. The predicted molar refractivity (Wildman–Crippen MR) is 91.6 cm³/mol. The minimum absolute atomic E-state index is 0.215. The number of nitrogens with one attached hydrogen (secondary N) is 1. The molecule has 24 heavy (non-hydrogen) atoms. The van der Waals surface area contributed by atoms with Crippen LogP contribution in [0.4, 0.5) is 5.69 Å². The van der Waals surface area contributed by atoms with E-state index in [0.29, 0.717) is 29.5 Å². The van der Waals surface area contributed by atoms with Crippen LogP contribution in [0.3, 0.4) is 0 Å². The lowest BCUT2D eigenvalue weighted by Gasteiger charge is -2.07. The average Bonchev–Trinajstić information content (AvgIpc) is 3.14. The summed E-state index contributed by atoms with van der Waals surface area (Å²) in [4.78, 5) is 20.4. The molecule has 122 valence electrons. The first-order valence-corrected chi connectivity index (χ1v) is 8.10. The number of nitrogens with zero attached hydrogens (tertiary/aromatic N) is 2. The van der Waals surface area contributed by atoms with Gasteiger partial charge in [-0.1, -0.05) is 0 Å². The van der Waals surface area contributed by atoms with E-state index in [4.69, 9.17) is 9.47 Å². The Morgan fingerprint density at radius 3 is 2.62 bits per heavy atom. The number of ether oxygens (including phenoxy) is 2. The van der Waals surface area contributed by atoms with Crippen molar-refractivity contribution in [3.8, 4) is 11.6 Å². The normalized spacial score (nSPS) is 10.2. The molecule has 3 rings (SSSR count). The second-order valence-corrected chi connectivity index (χ2v) is 5.55. The summed E-state index contributed by atoms with van der Waals surface area (Å²) in [7, 11) is 1.54. The van der Waals surface area contributed by atoms with Gasteiger partial charge in [0.05, 0.1) is 30.2 Å². The van der Waals surface area contributed by atoms with E-state index in [2.05, 4.69) is 15.3 Å². The molecule has 0 spiro atoms. The third kappa shape index (κ3) is 4.08. The van der Waals surface area contributed by atoms with E-state index in [1.165, 1.54) is 11.3 Å². The number of amides is 1. The lowest BCUT2D eigenvalue weighted by atomic mass is 10.2. The second kappa shape index (κ2) is 7.56. The van der Waals surface area contributed by atoms with Gasteiger partial charge >= 0.3 is 0 Å². The summed E-state index contributed by atoms with van der Waals surface area (Å²) in [6.07, 6.45) is 1.54. The molecule has 1 N–H and O–H groups in total. The number of carbonyl (C=O) groups is 1. The highest BCUT2D eigenvalue weighted by Crippen LogP contribution is 2.16. The molecule has 3 aromatic rings. The maximum Gasteiger partial charge on any atom is 0.255 e. The fourth-order valence-electron chi connectivity index (χ4n) is 1.95. The van der Waals surface area contributed by atoms with Crippen molar-refractivity contribution < 1.29 is 14.3 Å². The molecular formula is C17H15N3O3S. The van der Waals surface area contributed by atoms with Crippen molar-refractivity contribution in [3.63, 3.8) is 0 Å². The van der Waals surface area contributed by atoms with Crippen LogP contribution in [0.1, 0.15) is 16.1 Å². The average molecular weight is 341 g/mol. The minimum Gasteiger partial charge on any atom is -0.487 e. The molecule has 7 heteroatoms. The summed E-state index contributed by atoms with van der Waals surface area (Å²) in [5.41, 5.74) is 3.78. The van der Waals surface area contributed by atoms with E-state index in [1.807, 2.05) is 5.38 Å². The van der Waals surface area contributed by atoms with Crippen LogP contribution in [0, 0.1) is 0 Å². The molecule has 0 saturated carbocycles. The Balaban J connectivity index is 1.58. The highest BCUT2D eigenvalue weighted by Gasteiger charge is 2.07. The van der Waals surface area contributed by atoms with E-state index in [-0.39, 0.29) is 5.91 Å². The van der Waals surface area contributed by atoms with E-state index in [9.17, 15) is 4.79 Å². The number of rotatable bonds is 6. The third-order valence-corrected chi connectivity index (χ3v) is 3.83. The van der Waals surface area contributed by atoms with Crippen LogP contribution < -0.4 is 14.8 Å². The van der Waals surface area contributed by atoms with Crippen LogP contribution in [0.15, 0.2) is 53.5 Å². The van der Waals surface area contributed by atoms with Gasteiger partial charge in [0.1, 0.15) is 12.4 Å². The first kappa shape index (κ1) is 15.9. The summed E-state index contributed by atoms with van der Waals surface area (Å²) >= 11 is 1.53. The van der Waals surface area contributed by atoms with Crippen LogP contribution in [-0.4, -0.2) is 23.0 Å². The zero-order valence-corrected chi connectivity index (χ0v) is 13.7. The quantitative estimate of drug-likeness (QED) is 0.744. The van der Waals surface area contributed by atoms with Crippen LogP contribution in [-0.2, 0) is 6.61 Å². The fraction of sp³-hybridized carbons (Fsp3) is 0.118. The van der Waals surface area contributed by atoms with Gasteiger partial charge in [0.25, 0.3) is 5.91 Å². The zero-order chi connectivity index (χ0) is 16.8. The molecule has 6 nitrogen and oxygen atoms in total. The maximum absolute atomic E-state index is 12.2. The van der Waals surface area contributed by atoms with Gasteiger partial charge < -0.3 is 14.8 Å².